The number of hydrogen-bond donors (Lipinski definition) is 1. The molecule has 1 heterocycles. The second-order valence-corrected chi connectivity index (χ2v) is 5.81. The number of benzene rings is 1. The maximum atomic E-state index is 6.01. The Labute approximate surface area is 114 Å². The van der Waals surface area contributed by atoms with Crippen molar-refractivity contribution in [2.75, 3.05) is 0 Å². The molecular formula is C15H22N4. The third kappa shape index (κ3) is 3.64. The van der Waals surface area contributed by atoms with Gasteiger partial charge >= 0.3 is 0 Å². The Morgan fingerprint density at radius 2 is 1.79 bits per heavy atom. The topological polar surface area (TPSA) is 56.7 Å². The summed E-state index contributed by atoms with van der Waals surface area (Å²) in [6.45, 7) is 8.91. The summed E-state index contributed by atoms with van der Waals surface area (Å²) in [7, 11) is 0. The molecule has 0 bridgehead atoms. The van der Waals surface area contributed by atoms with Crippen molar-refractivity contribution in [1.29, 1.82) is 0 Å². The lowest BCUT2D eigenvalue weighted by atomic mass is 10.0. The van der Waals surface area contributed by atoms with Crippen LogP contribution in [0.2, 0.25) is 0 Å². The first-order valence-electron chi connectivity index (χ1n) is 6.62. The van der Waals surface area contributed by atoms with Gasteiger partial charge in [0.15, 0.2) is 5.82 Å². The Morgan fingerprint density at radius 3 is 2.37 bits per heavy atom. The second-order valence-electron chi connectivity index (χ2n) is 5.81. The maximum absolute atomic E-state index is 6.01. The summed E-state index contributed by atoms with van der Waals surface area (Å²) in [5.74, 6) is 1.71. The average molecular weight is 258 g/mol. The summed E-state index contributed by atoms with van der Waals surface area (Å²) >= 11 is 0. The van der Waals surface area contributed by atoms with Crippen LogP contribution in [0.1, 0.15) is 31.7 Å². The van der Waals surface area contributed by atoms with Gasteiger partial charge in [0.2, 0.25) is 0 Å². The molecule has 4 nitrogen and oxygen atoms in total. The van der Waals surface area contributed by atoms with Gasteiger partial charge in [-0.05, 0) is 34.1 Å². The van der Waals surface area contributed by atoms with E-state index < -0.39 is 0 Å². The zero-order valence-electron chi connectivity index (χ0n) is 12.1. The normalized spacial score (nSPS) is 11.8. The molecule has 0 aliphatic heterocycles. The molecule has 0 saturated carbocycles. The summed E-state index contributed by atoms with van der Waals surface area (Å²) in [6.07, 6.45) is 0.880. The van der Waals surface area contributed by atoms with Crippen molar-refractivity contribution in [2.24, 2.45) is 5.73 Å². The van der Waals surface area contributed by atoms with E-state index in [9.17, 15) is 0 Å². The lowest BCUT2D eigenvalue weighted by Crippen LogP contribution is -2.33. The molecule has 0 radical (unpaired) electrons. The maximum Gasteiger partial charge on any atom is 0.181 e. The number of rotatable bonds is 4. The van der Waals surface area contributed by atoms with Crippen LogP contribution in [0.4, 0.5) is 0 Å². The van der Waals surface area contributed by atoms with E-state index in [4.69, 9.17) is 5.73 Å². The minimum atomic E-state index is -0.178. The first-order valence-corrected chi connectivity index (χ1v) is 6.62. The van der Waals surface area contributed by atoms with Gasteiger partial charge in [-0.15, -0.1) is 0 Å². The van der Waals surface area contributed by atoms with Crippen LogP contribution < -0.4 is 5.73 Å². The molecule has 0 spiro atoms. The molecule has 2 rings (SSSR count). The number of hydrogen-bond acceptors (Lipinski definition) is 3. The van der Waals surface area contributed by atoms with Crippen LogP contribution in [0.25, 0.3) is 11.4 Å². The van der Waals surface area contributed by atoms with Crippen molar-refractivity contribution >= 4 is 0 Å². The molecular weight excluding hydrogens is 236 g/mol. The van der Waals surface area contributed by atoms with Gasteiger partial charge in [0.05, 0.1) is 0 Å². The smallest absolute Gasteiger partial charge is 0.181 e. The highest BCUT2D eigenvalue weighted by molar-refractivity contribution is 5.54. The minimum absolute atomic E-state index is 0.178. The number of nitrogens with two attached hydrogens (primary N) is 1. The third-order valence-corrected chi connectivity index (χ3v) is 3.13. The highest BCUT2D eigenvalue weighted by Gasteiger charge is 2.13. The van der Waals surface area contributed by atoms with Crippen molar-refractivity contribution in [3.8, 4) is 11.4 Å². The van der Waals surface area contributed by atoms with Gasteiger partial charge in [0.1, 0.15) is 5.82 Å². The van der Waals surface area contributed by atoms with Crippen LogP contribution in [0.5, 0.6) is 0 Å². The standard InChI is InChI=1S/C15H22N4/c1-11-5-7-13(8-6-11)14-17-12(2)19(18-14)10-9-15(3,4)16/h5-8H,9-10,16H2,1-4H3. The summed E-state index contributed by atoms with van der Waals surface area (Å²) in [5.41, 5.74) is 8.12. The van der Waals surface area contributed by atoms with Crippen molar-refractivity contribution in [3.63, 3.8) is 0 Å². The van der Waals surface area contributed by atoms with Crippen molar-refractivity contribution in [3.05, 3.63) is 35.7 Å². The largest absolute Gasteiger partial charge is 0.325 e. The molecule has 0 aliphatic carbocycles. The average Bonchev–Trinajstić information content (AvgIpc) is 2.68. The lowest BCUT2D eigenvalue weighted by molar-refractivity contribution is 0.416. The Hall–Kier alpha value is -1.68. The third-order valence-electron chi connectivity index (χ3n) is 3.13. The number of aryl methyl sites for hydroxylation is 3. The van der Waals surface area contributed by atoms with Crippen molar-refractivity contribution < 1.29 is 0 Å². The van der Waals surface area contributed by atoms with Crippen LogP contribution in [0, 0.1) is 13.8 Å². The lowest BCUT2D eigenvalue weighted by Gasteiger charge is -2.17. The summed E-state index contributed by atoms with van der Waals surface area (Å²) in [6, 6.07) is 8.27. The molecule has 4 heteroatoms. The van der Waals surface area contributed by atoms with Gasteiger partial charge in [-0.1, -0.05) is 29.8 Å². The van der Waals surface area contributed by atoms with E-state index in [1.165, 1.54) is 5.56 Å². The van der Waals surface area contributed by atoms with Gasteiger partial charge in [-0.3, -0.25) is 0 Å². The first-order chi connectivity index (χ1) is 8.85. The molecule has 19 heavy (non-hydrogen) atoms. The van der Waals surface area contributed by atoms with Gasteiger partial charge in [-0.25, -0.2) is 9.67 Å². The molecule has 2 N–H and O–H groups in total. The quantitative estimate of drug-likeness (QED) is 0.917. The zero-order valence-corrected chi connectivity index (χ0v) is 12.1. The monoisotopic (exact) mass is 258 g/mol. The fraction of sp³-hybridized carbons (Fsp3) is 0.467. The fourth-order valence-corrected chi connectivity index (χ4v) is 1.85. The van der Waals surface area contributed by atoms with E-state index in [1.807, 2.05) is 25.5 Å². The van der Waals surface area contributed by atoms with E-state index in [2.05, 4.69) is 41.3 Å². The van der Waals surface area contributed by atoms with Gasteiger partial charge < -0.3 is 5.73 Å². The molecule has 1 aromatic heterocycles. The Bertz CT molecular complexity index is 547. The first kappa shape index (κ1) is 13.7. The van der Waals surface area contributed by atoms with E-state index in [1.54, 1.807) is 0 Å². The molecule has 0 fully saturated rings. The van der Waals surface area contributed by atoms with Gasteiger partial charge in [0.25, 0.3) is 0 Å². The van der Waals surface area contributed by atoms with E-state index in [0.29, 0.717) is 0 Å². The van der Waals surface area contributed by atoms with Crippen LogP contribution in [0.15, 0.2) is 24.3 Å². The Balaban J connectivity index is 2.19. The van der Waals surface area contributed by atoms with E-state index in [-0.39, 0.29) is 5.54 Å². The van der Waals surface area contributed by atoms with E-state index >= 15 is 0 Å². The predicted octanol–water partition coefficient (Wildman–Crippen LogP) is 2.69. The molecule has 102 valence electrons. The highest BCUT2D eigenvalue weighted by Crippen LogP contribution is 2.17. The van der Waals surface area contributed by atoms with Gasteiger partial charge in [-0.2, -0.15) is 5.10 Å². The zero-order chi connectivity index (χ0) is 14.0. The van der Waals surface area contributed by atoms with Crippen LogP contribution in [-0.4, -0.2) is 20.3 Å². The SMILES string of the molecule is Cc1ccc(-c2nc(C)n(CCC(C)(C)N)n2)cc1. The molecule has 0 aliphatic rings. The fourth-order valence-electron chi connectivity index (χ4n) is 1.85. The van der Waals surface area contributed by atoms with Crippen LogP contribution in [0.3, 0.4) is 0 Å². The van der Waals surface area contributed by atoms with Crippen molar-refractivity contribution in [2.45, 2.75) is 46.2 Å². The predicted molar refractivity (Wildman–Crippen MR) is 77.8 cm³/mol. The highest BCUT2D eigenvalue weighted by atomic mass is 15.3. The van der Waals surface area contributed by atoms with E-state index in [0.717, 1.165) is 30.2 Å². The Kier molecular flexibility index (Phi) is 3.71. The summed E-state index contributed by atoms with van der Waals surface area (Å²) in [4.78, 5) is 4.52. The molecule has 2 aromatic rings. The summed E-state index contributed by atoms with van der Waals surface area (Å²) < 4.78 is 1.93. The summed E-state index contributed by atoms with van der Waals surface area (Å²) in [5, 5.41) is 4.56. The molecule has 0 atom stereocenters. The number of aromatic nitrogens is 3. The molecule has 0 amide bonds. The Morgan fingerprint density at radius 1 is 1.16 bits per heavy atom. The molecule has 0 unspecified atom stereocenters. The molecule has 1 aromatic carbocycles. The number of nitrogens with zero attached hydrogens (tertiary/aromatic N) is 3. The van der Waals surface area contributed by atoms with Gasteiger partial charge in [0, 0.05) is 17.6 Å². The molecule has 0 saturated heterocycles. The van der Waals surface area contributed by atoms with Crippen LogP contribution in [-0.2, 0) is 6.54 Å². The van der Waals surface area contributed by atoms with Crippen molar-refractivity contribution in [1.82, 2.24) is 14.8 Å². The van der Waals surface area contributed by atoms with Crippen LogP contribution >= 0.6 is 0 Å². The second kappa shape index (κ2) is 5.13. The minimum Gasteiger partial charge on any atom is -0.325 e.